The van der Waals surface area contributed by atoms with E-state index < -0.39 is 24.2 Å². The van der Waals surface area contributed by atoms with Gasteiger partial charge in [-0.1, -0.05) is 35.3 Å². The highest BCUT2D eigenvalue weighted by molar-refractivity contribution is 6.35. The molecule has 1 unspecified atom stereocenters. The summed E-state index contributed by atoms with van der Waals surface area (Å²) in [5.41, 5.74) is -2.95. The fourth-order valence-corrected chi connectivity index (χ4v) is 3.29. The van der Waals surface area contributed by atoms with E-state index >= 15 is 0 Å². The number of benzene rings is 2. The highest BCUT2D eigenvalue weighted by Crippen LogP contribution is 2.41. The molecule has 1 aliphatic rings. The summed E-state index contributed by atoms with van der Waals surface area (Å²) in [6.45, 7) is 1.32. The van der Waals surface area contributed by atoms with Gasteiger partial charge in [-0.15, -0.1) is 0 Å². The van der Waals surface area contributed by atoms with Gasteiger partial charge in [-0.3, -0.25) is 4.79 Å². The molecule has 0 aromatic heterocycles. The number of hydrogen-bond acceptors (Lipinski definition) is 4. The second kappa shape index (κ2) is 7.85. The molecule has 0 saturated heterocycles. The van der Waals surface area contributed by atoms with Crippen LogP contribution in [0, 0.1) is 0 Å². The van der Waals surface area contributed by atoms with E-state index in [1.807, 2.05) is 0 Å². The van der Waals surface area contributed by atoms with Crippen molar-refractivity contribution < 1.29 is 27.8 Å². The van der Waals surface area contributed by atoms with Crippen LogP contribution in [0.15, 0.2) is 47.6 Å². The predicted molar refractivity (Wildman–Crippen MR) is 102 cm³/mol. The average Bonchev–Trinajstić information content (AvgIpc) is 2.96. The van der Waals surface area contributed by atoms with Gasteiger partial charge in [0.1, 0.15) is 12.4 Å². The second-order valence-electron chi connectivity index (χ2n) is 6.51. The molecule has 29 heavy (non-hydrogen) atoms. The van der Waals surface area contributed by atoms with E-state index in [1.165, 1.54) is 31.2 Å². The number of nitrogens with zero attached hydrogens (tertiary/aromatic N) is 2. The lowest BCUT2D eigenvalue weighted by atomic mass is 10.1. The largest absolute Gasteiger partial charge is 0.487 e. The molecule has 0 radical (unpaired) electrons. The van der Waals surface area contributed by atoms with Crippen LogP contribution < -0.4 is 4.74 Å². The van der Waals surface area contributed by atoms with Gasteiger partial charge in [0, 0.05) is 22.7 Å². The van der Waals surface area contributed by atoms with E-state index in [-0.39, 0.29) is 22.9 Å². The van der Waals surface area contributed by atoms with Crippen LogP contribution in [0.2, 0.25) is 10.0 Å². The monoisotopic (exact) mass is 446 g/mol. The van der Waals surface area contributed by atoms with Crippen LogP contribution >= 0.6 is 23.2 Å². The molecule has 1 heterocycles. The Bertz CT molecular complexity index is 981. The van der Waals surface area contributed by atoms with Crippen LogP contribution in [0.1, 0.15) is 29.3 Å². The number of carbonyl (C=O) groups is 1. The van der Waals surface area contributed by atoms with E-state index in [1.54, 1.807) is 18.2 Å². The number of halogens is 5. The molecule has 0 fully saturated rings. The summed E-state index contributed by atoms with van der Waals surface area (Å²) in [5, 5.41) is 14.5. The molecular weight excluding hydrogens is 432 g/mol. The Hall–Kier alpha value is -2.29. The molecule has 1 aliphatic heterocycles. The van der Waals surface area contributed by atoms with Crippen molar-refractivity contribution >= 4 is 34.8 Å². The van der Waals surface area contributed by atoms with Crippen LogP contribution in [0.4, 0.5) is 13.2 Å². The molecule has 5 nitrogen and oxygen atoms in total. The lowest BCUT2D eigenvalue weighted by molar-refractivity contribution is -0.297. The normalized spacial score (nSPS) is 19.3. The van der Waals surface area contributed by atoms with Crippen LogP contribution in [-0.2, 0) is 6.61 Å². The Morgan fingerprint density at radius 1 is 1.28 bits per heavy atom. The standard InChI is InChI=1S/C19H15Cl2F3N2O3/c1-11-9-18(28,19(22,23)24)26(25-11)17(27)13-4-2-3-12(7-13)10-29-16-6-5-14(20)8-15(16)21/h2-8,28H,9-10H2,1H3. The molecule has 0 aliphatic carbocycles. The van der Waals surface area contributed by atoms with Crippen molar-refractivity contribution in [1.29, 1.82) is 0 Å². The van der Waals surface area contributed by atoms with Crippen molar-refractivity contribution in [2.75, 3.05) is 0 Å². The van der Waals surface area contributed by atoms with Crippen LogP contribution in [0.5, 0.6) is 5.75 Å². The molecule has 1 N–H and O–H groups in total. The molecule has 154 valence electrons. The van der Waals surface area contributed by atoms with Gasteiger partial charge >= 0.3 is 6.18 Å². The summed E-state index contributed by atoms with van der Waals surface area (Å²) in [7, 11) is 0. The van der Waals surface area contributed by atoms with Gasteiger partial charge < -0.3 is 9.84 Å². The summed E-state index contributed by atoms with van der Waals surface area (Å²) in [4.78, 5) is 12.7. The lowest BCUT2D eigenvalue weighted by Gasteiger charge is -2.32. The van der Waals surface area contributed by atoms with Crippen molar-refractivity contribution in [2.24, 2.45) is 5.10 Å². The van der Waals surface area contributed by atoms with E-state index in [2.05, 4.69) is 5.10 Å². The van der Waals surface area contributed by atoms with Crippen molar-refractivity contribution in [3.63, 3.8) is 0 Å². The number of alkyl halides is 3. The zero-order valence-electron chi connectivity index (χ0n) is 15.0. The molecular formula is C19H15Cl2F3N2O3. The van der Waals surface area contributed by atoms with Gasteiger partial charge in [-0.25, -0.2) is 0 Å². The molecule has 0 saturated carbocycles. The minimum absolute atomic E-state index is 0.00459. The van der Waals surface area contributed by atoms with Crippen molar-refractivity contribution in [1.82, 2.24) is 5.01 Å². The minimum atomic E-state index is -5.06. The number of carbonyl (C=O) groups excluding carboxylic acids is 1. The molecule has 3 rings (SSSR count). The van der Waals surface area contributed by atoms with E-state index in [0.717, 1.165) is 0 Å². The fraction of sp³-hybridized carbons (Fsp3) is 0.263. The van der Waals surface area contributed by atoms with Gasteiger partial charge in [0.25, 0.3) is 11.6 Å². The number of hydrazone groups is 1. The Morgan fingerprint density at radius 2 is 2.00 bits per heavy atom. The Morgan fingerprint density at radius 3 is 2.66 bits per heavy atom. The Kier molecular flexibility index (Phi) is 5.80. The van der Waals surface area contributed by atoms with Crippen LogP contribution in [-0.4, -0.2) is 33.6 Å². The summed E-state index contributed by atoms with van der Waals surface area (Å²) < 4.78 is 45.6. The quantitative estimate of drug-likeness (QED) is 0.714. The van der Waals surface area contributed by atoms with Crippen molar-refractivity contribution in [3.05, 3.63) is 63.6 Å². The first kappa shape index (κ1) is 21.4. The number of rotatable bonds is 4. The van der Waals surface area contributed by atoms with Crippen molar-refractivity contribution in [3.8, 4) is 5.75 Å². The second-order valence-corrected chi connectivity index (χ2v) is 7.35. The first-order valence-electron chi connectivity index (χ1n) is 8.36. The zero-order chi connectivity index (χ0) is 21.4. The smallest absolute Gasteiger partial charge is 0.438 e. The number of hydrogen-bond donors (Lipinski definition) is 1. The maximum absolute atomic E-state index is 13.3. The summed E-state index contributed by atoms with van der Waals surface area (Å²) in [5.74, 6) is -0.716. The van der Waals surface area contributed by atoms with Gasteiger partial charge in [0.05, 0.1) is 5.02 Å². The van der Waals surface area contributed by atoms with Crippen molar-refractivity contribution in [2.45, 2.75) is 31.9 Å². The first-order valence-corrected chi connectivity index (χ1v) is 9.11. The Balaban J connectivity index is 1.80. The topological polar surface area (TPSA) is 62.1 Å². The first-order chi connectivity index (χ1) is 13.5. The van der Waals surface area contributed by atoms with E-state index in [4.69, 9.17) is 27.9 Å². The zero-order valence-corrected chi connectivity index (χ0v) is 16.5. The van der Waals surface area contributed by atoms with Gasteiger partial charge in [0.2, 0.25) is 0 Å². The number of aliphatic hydroxyl groups is 1. The third kappa shape index (κ3) is 4.34. The molecule has 0 spiro atoms. The molecule has 2 aromatic rings. The number of amides is 1. The minimum Gasteiger partial charge on any atom is -0.487 e. The maximum Gasteiger partial charge on any atom is 0.438 e. The highest BCUT2D eigenvalue weighted by atomic mass is 35.5. The molecule has 1 amide bonds. The molecule has 2 aromatic carbocycles. The van der Waals surface area contributed by atoms with Crippen LogP contribution in [0.3, 0.4) is 0 Å². The third-order valence-corrected chi connectivity index (χ3v) is 4.76. The molecule has 1 atom stereocenters. The summed E-state index contributed by atoms with van der Waals surface area (Å²) in [6.07, 6.45) is -5.86. The predicted octanol–water partition coefficient (Wildman–Crippen LogP) is 5.05. The maximum atomic E-state index is 13.3. The number of ether oxygens (including phenoxy) is 1. The van der Waals surface area contributed by atoms with E-state index in [0.29, 0.717) is 21.4 Å². The van der Waals surface area contributed by atoms with Gasteiger partial charge in [0.15, 0.2) is 0 Å². The fourth-order valence-electron chi connectivity index (χ4n) is 2.82. The SMILES string of the molecule is CC1=NN(C(=O)c2cccc(COc3ccc(Cl)cc3Cl)c2)C(O)(C(F)(F)F)C1. The lowest BCUT2D eigenvalue weighted by Crippen LogP contribution is -2.56. The Labute approximate surface area is 174 Å². The summed E-state index contributed by atoms with van der Waals surface area (Å²) >= 11 is 11.9. The molecule has 0 bridgehead atoms. The van der Waals surface area contributed by atoms with Gasteiger partial charge in [-0.2, -0.15) is 23.3 Å². The molecule has 10 heteroatoms. The average molecular weight is 447 g/mol. The van der Waals surface area contributed by atoms with Crippen LogP contribution in [0.25, 0.3) is 0 Å². The van der Waals surface area contributed by atoms with Gasteiger partial charge in [-0.05, 0) is 42.8 Å². The van der Waals surface area contributed by atoms with E-state index in [9.17, 15) is 23.1 Å². The summed E-state index contributed by atoms with van der Waals surface area (Å²) in [6, 6.07) is 10.5. The highest BCUT2D eigenvalue weighted by Gasteiger charge is 2.62. The third-order valence-electron chi connectivity index (χ3n) is 4.23.